The fourth-order valence-corrected chi connectivity index (χ4v) is 7.97. The van der Waals surface area contributed by atoms with E-state index in [0.717, 1.165) is 16.7 Å². The van der Waals surface area contributed by atoms with Gasteiger partial charge in [-0.3, -0.25) is 24.8 Å². The van der Waals surface area contributed by atoms with Gasteiger partial charge in [0.1, 0.15) is 17.7 Å². The number of anilines is 1. The molecule has 3 heterocycles. The van der Waals surface area contributed by atoms with Crippen LogP contribution in [0.5, 0.6) is 5.75 Å². The Morgan fingerprint density at radius 3 is 1.91 bits per heavy atom. The summed E-state index contributed by atoms with van der Waals surface area (Å²) in [5.41, 5.74) is 2.48. The number of carbonyl (C=O) groups is 1. The van der Waals surface area contributed by atoms with Gasteiger partial charge in [-0.1, -0.05) is 130 Å². The Balaban J connectivity index is 1.27. The first kappa shape index (κ1) is 37.9. The van der Waals surface area contributed by atoms with Crippen molar-refractivity contribution in [2.24, 2.45) is 0 Å². The van der Waals surface area contributed by atoms with E-state index in [2.05, 4.69) is 132 Å². The molecule has 0 bridgehead atoms. The van der Waals surface area contributed by atoms with Gasteiger partial charge in [-0.25, -0.2) is 4.98 Å². The van der Waals surface area contributed by atoms with E-state index in [-0.39, 0.29) is 34.9 Å². The van der Waals surface area contributed by atoms with Crippen molar-refractivity contribution in [3.05, 3.63) is 154 Å². The molecule has 11 nitrogen and oxygen atoms in total. The lowest BCUT2D eigenvalue weighted by atomic mass is 9.75. The summed E-state index contributed by atoms with van der Waals surface area (Å²) in [7, 11) is -2.15. The number of rotatable bonds is 12. The first-order valence-electron chi connectivity index (χ1n) is 18.6. The maximum Gasteiger partial charge on any atom is 0.278 e. The maximum atomic E-state index is 13.4. The number of nitrogens with zero attached hydrogens (tertiary/aromatic N) is 3. The lowest BCUT2D eigenvalue weighted by molar-refractivity contribution is -0.123. The molecule has 0 unspecified atom stereocenters. The number of carbonyl (C=O) groups excluding carboxylic acids is 1. The molecule has 55 heavy (non-hydrogen) atoms. The van der Waals surface area contributed by atoms with Crippen molar-refractivity contribution in [3.63, 3.8) is 0 Å². The normalized spacial score (nSPS) is 16.9. The highest BCUT2D eigenvalue weighted by Gasteiger charge is 2.47. The van der Waals surface area contributed by atoms with Crippen molar-refractivity contribution in [1.82, 2.24) is 24.8 Å². The zero-order valence-electron chi connectivity index (χ0n) is 31.9. The molecule has 0 aliphatic carbocycles. The molecular formula is C43H48N6O5Si. The number of imidazole rings is 1. The molecule has 1 amide bonds. The Hall–Kier alpha value is -5.40. The molecule has 0 radical (unpaired) electrons. The third-order valence-corrected chi connectivity index (χ3v) is 15.2. The monoisotopic (exact) mass is 756 g/mol. The minimum Gasteiger partial charge on any atom is -0.484 e. The van der Waals surface area contributed by atoms with Crippen LogP contribution in [0.2, 0.25) is 18.1 Å². The summed E-state index contributed by atoms with van der Waals surface area (Å²) in [6, 6.07) is 40.6. The first-order chi connectivity index (χ1) is 26.4. The van der Waals surface area contributed by atoms with E-state index in [4.69, 9.17) is 18.9 Å². The van der Waals surface area contributed by atoms with Crippen LogP contribution in [0.25, 0.3) is 11.2 Å². The second kappa shape index (κ2) is 15.8. The Labute approximate surface area is 322 Å². The summed E-state index contributed by atoms with van der Waals surface area (Å²) in [6.07, 6.45) is -0.939. The van der Waals surface area contributed by atoms with Gasteiger partial charge >= 0.3 is 0 Å². The fraction of sp³-hybridized carbons (Fsp3) is 0.302. The van der Waals surface area contributed by atoms with Crippen LogP contribution in [-0.2, 0) is 19.5 Å². The van der Waals surface area contributed by atoms with Crippen molar-refractivity contribution in [2.45, 2.75) is 56.7 Å². The van der Waals surface area contributed by atoms with Gasteiger partial charge in [-0.2, -0.15) is 4.98 Å². The van der Waals surface area contributed by atoms with Crippen LogP contribution in [0.15, 0.2) is 126 Å². The molecule has 6 aromatic rings. The molecule has 1 aliphatic heterocycles. The van der Waals surface area contributed by atoms with Crippen LogP contribution in [-0.4, -0.2) is 71.5 Å². The summed E-state index contributed by atoms with van der Waals surface area (Å²) in [4.78, 5) is 43.8. The van der Waals surface area contributed by atoms with Crippen LogP contribution in [0.3, 0.4) is 0 Å². The van der Waals surface area contributed by atoms with Crippen LogP contribution < -0.4 is 15.6 Å². The summed E-state index contributed by atoms with van der Waals surface area (Å²) < 4.78 is 19.3. The Kier molecular flexibility index (Phi) is 10.9. The standard InChI is InChI=1S/C43H48N6O5Si/c1-42(2,3)55(4,5)53-28-34-26-49(43(30-18-10-6-11-19-30,31-20-12-7-13-21-31)32-22-14-8-15-23-32)27-35(54-34)38-45-37-39(46-38)47-41(48-40(37)51)44-36(50)29-52-33-24-16-9-17-25-33/h6-25,34-35H,26-29H2,1-5H3,(H3,44,45,46,47,48,50,51)/t34-,35+/m0/s1. The van der Waals surface area contributed by atoms with E-state index in [9.17, 15) is 9.59 Å². The topological polar surface area (TPSA) is 134 Å². The SMILES string of the molecule is CC(C)(C)[Si](C)(C)OC[C@@H]1CN(C(c2ccccc2)(c2ccccc2)c2ccccc2)C[C@H](c2nc3nc(NC(=O)COc4ccccc4)[nH]c(=O)c3[nH]2)O1. The van der Waals surface area contributed by atoms with E-state index in [1.807, 2.05) is 36.4 Å². The molecule has 7 rings (SSSR count). The maximum absolute atomic E-state index is 13.4. The van der Waals surface area contributed by atoms with E-state index < -0.39 is 31.4 Å². The van der Waals surface area contributed by atoms with Gasteiger partial charge in [0, 0.05) is 13.1 Å². The third kappa shape index (κ3) is 8.03. The van der Waals surface area contributed by atoms with Crippen molar-refractivity contribution in [3.8, 4) is 5.75 Å². The molecule has 0 saturated carbocycles. The molecule has 1 fully saturated rings. The minimum absolute atomic E-state index is 0.00879. The van der Waals surface area contributed by atoms with E-state index in [0.29, 0.717) is 31.3 Å². The Bertz CT molecular complexity index is 2160. The molecule has 12 heteroatoms. The van der Waals surface area contributed by atoms with Gasteiger partial charge in [-0.15, -0.1) is 0 Å². The zero-order chi connectivity index (χ0) is 38.6. The van der Waals surface area contributed by atoms with Gasteiger partial charge in [0.2, 0.25) is 5.95 Å². The van der Waals surface area contributed by atoms with E-state index >= 15 is 0 Å². The minimum atomic E-state index is -2.15. The van der Waals surface area contributed by atoms with Crippen molar-refractivity contribution in [2.75, 3.05) is 31.6 Å². The van der Waals surface area contributed by atoms with Crippen LogP contribution in [0, 0.1) is 0 Å². The highest BCUT2D eigenvalue weighted by atomic mass is 28.4. The number of hydrogen-bond donors (Lipinski definition) is 3. The number of nitrogens with one attached hydrogen (secondary N) is 3. The number of H-pyrrole nitrogens is 2. The number of aromatic amines is 2. The zero-order valence-corrected chi connectivity index (χ0v) is 32.9. The van der Waals surface area contributed by atoms with E-state index in [1.54, 1.807) is 12.1 Å². The summed E-state index contributed by atoms with van der Waals surface area (Å²) in [5.74, 6) is 0.503. The summed E-state index contributed by atoms with van der Waals surface area (Å²) in [5, 5.41) is 2.64. The van der Waals surface area contributed by atoms with Gasteiger partial charge in [0.05, 0.1) is 18.2 Å². The number of amides is 1. The van der Waals surface area contributed by atoms with Crippen molar-refractivity contribution < 1.29 is 18.7 Å². The number of aromatic nitrogens is 4. The fourth-order valence-electron chi connectivity index (χ4n) is 6.93. The Morgan fingerprint density at radius 2 is 1.36 bits per heavy atom. The number of hydrogen-bond acceptors (Lipinski definition) is 8. The largest absolute Gasteiger partial charge is 0.484 e. The first-order valence-corrected chi connectivity index (χ1v) is 21.5. The molecule has 2 atom stereocenters. The summed E-state index contributed by atoms with van der Waals surface area (Å²) in [6.45, 7) is 12.3. The second-order valence-electron chi connectivity index (χ2n) is 15.4. The van der Waals surface area contributed by atoms with Crippen LogP contribution >= 0.6 is 0 Å². The lowest BCUT2D eigenvalue weighted by Crippen LogP contribution is -2.57. The highest BCUT2D eigenvalue weighted by Crippen LogP contribution is 2.45. The molecule has 4 aromatic carbocycles. The number of fused-ring (bicyclic) bond motifs is 1. The third-order valence-electron chi connectivity index (χ3n) is 10.7. The predicted octanol–water partition coefficient (Wildman–Crippen LogP) is 7.42. The predicted molar refractivity (Wildman–Crippen MR) is 217 cm³/mol. The second-order valence-corrected chi connectivity index (χ2v) is 20.2. The molecular weight excluding hydrogens is 709 g/mol. The quantitative estimate of drug-likeness (QED) is 0.0868. The molecule has 1 saturated heterocycles. The average molecular weight is 757 g/mol. The molecule has 2 aromatic heterocycles. The number of ether oxygens (including phenoxy) is 2. The van der Waals surface area contributed by atoms with Crippen molar-refractivity contribution >= 4 is 31.3 Å². The Morgan fingerprint density at radius 1 is 0.818 bits per heavy atom. The number of benzene rings is 4. The molecule has 284 valence electrons. The number of para-hydroxylation sites is 1. The molecule has 1 aliphatic rings. The lowest BCUT2D eigenvalue weighted by Gasteiger charge is -2.50. The van der Waals surface area contributed by atoms with Crippen LogP contribution in [0.4, 0.5) is 5.95 Å². The van der Waals surface area contributed by atoms with Gasteiger partial charge < -0.3 is 18.9 Å². The van der Waals surface area contributed by atoms with Gasteiger partial charge in [0.15, 0.2) is 26.1 Å². The summed E-state index contributed by atoms with van der Waals surface area (Å²) >= 11 is 0. The van der Waals surface area contributed by atoms with Crippen LogP contribution in [0.1, 0.15) is 49.4 Å². The van der Waals surface area contributed by atoms with Gasteiger partial charge in [-0.05, 0) is 47.0 Å². The average Bonchev–Trinajstić information content (AvgIpc) is 3.63. The van der Waals surface area contributed by atoms with E-state index in [1.165, 1.54) is 0 Å². The van der Waals surface area contributed by atoms with Crippen molar-refractivity contribution in [1.29, 1.82) is 0 Å². The number of morpholine rings is 1. The van der Waals surface area contributed by atoms with Gasteiger partial charge in [0.25, 0.3) is 11.5 Å². The smallest absolute Gasteiger partial charge is 0.278 e. The molecule has 0 spiro atoms. The molecule has 3 N–H and O–H groups in total. The highest BCUT2D eigenvalue weighted by molar-refractivity contribution is 6.74.